The summed E-state index contributed by atoms with van der Waals surface area (Å²) < 4.78 is 10.9. The molecule has 27 heavy (non-hydrogen) atoms. The van der Waals surface area contributed by atoms with E-state index in [0.717, 1.165) is 43.1 Å². The first-order valence-corrected chi connectivity index (χ1v) is 9.59. The predicted molar refractivity (Wildman–Crippen MR) is 107 cm³/mol. The largest absolute Gasteiger partial charge is 0.457 e. The van der Waals surface area contributed by atoms with E-state index in [1.165, 1.54) is 12.0 Å². The highest BCUT2D eigenvalue weighted by molar-refractivity contribution is 5.90. The standard InChI is InChI=1S/C22H28N2O3/c1-26-15-13-17-2-7-20(8-3-17)27-21-9-5-19(6-10-21)24-22(25)11-4-18-12-14-23-16-18/h2-3,5-10,18,23H,4,11-16H2,1H3,(H,24,25). The molecule has 5 heteroatoms. The molecule has 0 aromatic heterocycles. The van der Waals surface area contributed by atoms with Crippen LogP contribution >= 0.6 is 0 Å². The Morgan fingerprint density at radius 2 is 1.81 bits per heavy atom. The highest BCUT2D eigenvalue weighted by Gasteiger charge is 2.15. The summed E-state index contributed by atoms with van der Waals surface area (Å²) in [7, 11) is 1.71. The van der Waals surface area contributed by atoms with Crippen molar-refractivity contribution in [1.29, 1.82) is 0 Å². The van der Waals surface area contributed by atoms with Gasteiger partial charge in [0.05, 0.1) is 6.61 Å². The maximum Gasteiger partial charge on any atom is 0.224 e. The molecule has 5 nitrogen and oxygen atoms in total. The molecule has 0 spiro atoms. The maximum absolute atomic E-state index is 12.1. The van der Waals surface area contributed by atoms with E-state index in [2.05, 4.69) is 10.6 Å². The summed E-state index contributed by atoms with van der Waals surface area (Å²) in [6.45, 7) is 2.82. The van der Waals surface area contributed by atoms with Crippen LogP contribution in [0.4, 0.5) is 5.69 Å². The quantitative estimate of drug-likeness (QED) is 0.702. The smallest absolute Gasteiger partial charge is 0.224 e. The highest BCUT2D eigenvalue weighted by Crippen LogP contribution is 2.24. The van der Waals surface area contributed by atoms with Gasteiger partial charge in [-0.1, -0.05) is 12.1 Å². The zero-order valence-corrected chi connectivity index (χ0v) is 15.9. The van der Waals surface area contributed by atoms with Gasteiger partial charge in [0.15, 0.2) is 0 Å². The van der Waals surface area contributed by atoms with Crippen molar-refractivity contribution in [3.05, 3.63) is 54.1 Å². The van der Waals surface area contributed by atoms with Gasteiger partial charge in [-0.05, 0) is 80.2 Å². The lowest BCUT2D eigenvalue weighted by molar-refractivity contribution is -0.116. The molecule has 1 aliphatic heterocycles. The molecule has 1 fully saturated rings. The summed E-state index contributed by atoms with van der Waals surface area (Å²) >= 11 is 0. The third-order valence-corrected chi connectivity index (χ3v) is 4.83. The van der Waals surface area contributed by atoms with E-state index in [-0.39, 0.29) is 5.91 Å². The van der Waals surface area contributed by atoms with Crippen molar-refractivity contribution < 1.29 is 14.3 Å². The molecule has 1 unspecified atom stereocenters. The van der Waals surface area contributed by atoms with Crippen molar-refractivity contribution in [2.24, 2.45) is 5.92 Å². The molecule has 144 valence electrons. The number of ether oxygens (including phenoxy) is 2. The van der Waals surface area contributed by atoms with Crippen LogP contribution in [0.25, 0.3) is 0 Å². The molecule has 1 aliphatic rings. The summed E-state index contributed by atoms with van der Waals surface area (Å²) in [4.78, 5) is 12.1. The third kappa shape index (κ3) is 6.38. The second-order valence-electron chi connectivity index (χ2n) is 6.96. The van der Waals surface area contributed by atoms with Crippen molar-refractivity contribution in [1.82, 2.24) is 5.32 Å². The van der Waals surface area contributed by atoms with Gasteiger partial charge in [-0.2, -0.15) is 0 Å². The molecule has 2 N–H and O–H groups in total. The monoisotopic (exact) mass is 368 g/mol. The summed E-state index contributed by atoms with van der Waals surface area (Å²) in [5, 5.41) is 6.29. The molecule has 1 atom stereocenters. The first-order chi connectivity index (χ1) is 13.2. The van der Waals surface area contributed by atoms with Gasteiger partial charge in [0.2, 0.25) is 5.91 Å². The van der Waals surface area contributed by atoms with Gasteiger partial charge in [0.1, 0.15) is 11.5 Å². The van der Waals surface area contributed by atoms with E-state index in [1.54, 1.807) is 7.11 Å². The summed E-state index contributed by atoms with van der Waals surface area (Å²) in [5.74, 6) is 2.24. The average Bonchev–Trinajstić information content (AvgIpc) is 3.21. The number of rotatable bonds is 9. The molecule has 0 bridgehead atoms. The minimum Gasteiger partial charge on any atom is -0.457 e. The van der Waals surface area contributed by atoms with E-state index in [4.69, 9.17) is 9.47 Å². The molecule has 3 rings (SSSR count). The van der Waals surface area contributed by atoms with Gasteiger partial charge in [0, 0.05) is 19.2 Å². The first kappa shape index (κ1) is 19.4. The van der Waals surface area contributed by atoms with Crippen molar-refractivity contribution in [2.45, 2.75) is 25.7 Å². The Hall–Kier alpha value is -2.37. The Kier molecular flexibility index (Phi) is 7.25. The third-order valence-electron chi connectivity index (χ3n) is 4.83. The van der Waals surface area contributed by atoms with Crippen LogP contribution in [0.15, 0.2) is 48.5 Å². The summed E-state index contributed by atoms with van der Waals surface area (Å²) in [6.07, 6.45) is 3.58. The van der Waals surface area contributed by atoms with Crippen LogP contribution in [0.2, 0.25) is 0 Å². The van der Waals surface area contributed by atoms with Crippen molar-refractivity contribution in [3.8, 4) is 11.5 Å². The lowest BCUT2D eigenvalue weighted by Gasteiger charge is -2.10. The molecular weight excluding hydrogens is 340 g/mol. The van der Waals surface area contributed by atoms with Crippen LogP contribution in [0.3, 0.4) is 0 Å². The predicted octanol–water partition coefficient (Wildman–Crippen LogP) is 4.00. The fraction of sp³-hybridized carbons (Fsp3) is 0.409. The SMILES string of the molecule is COCCc1ccc(Oc2ccc(NC(=O)CCC3CCNC3)cc2)cc1. The second kappa shape index (κ2) is 10.1. The number of nitrogens with one attached hydrogen (secondary N) is 2. The number of benzene rings is 2. The minimum atomic E-state index is 0.0715. The molecular formula is C22H28N2O3. The normalized spacial score (nSPS) is 16.3. The zero-order valence-electron chi connectivity index (χ0n) is 15.9. The fourth-order valence-electron chi connectivity index (χ4n) is 3.21. The molecule has 1 amide bonds. The first-order valence-electron chi connectivity index (χ1n) is 9.59. The molecule has 0 aliphatic carbocycles. The fourth-order valence-corrected chi connectivity index (χ4v) is 3.21. The van der Waals surface area contributed by atoms with E-state index < -0.39 is 0 Å². The second-order valence-corrected chi connectivity index (χ2v) is 6.96. The Bertz CT molecular complexity index is 707. The Labute approximate surface area is 161 Å². The van der Waals surface area contributed by atoms with Crippen molar-refractivity contribution in [2.75, 3.05) is 32.1 Å². The van der Waals surface area contributed by atoms with Gasteiger partial charge in [-0.25, -0.2) is 0 Å². The topological polar surface area (TPSA) is 59.6 Å². The van der Waals surface area contributed by atoms with E-state index in [1.807, 2.05) is 48.5 Å². The van der Waals surface area contributed by atoms with Crippen LogP contribution in [-0.2, 0) is 16.0 Å². The van der Waals surface area contributed by atoms with Crippen molar-refractivity contribution in [3.63, 3.8) is 0 Å². The van der Waals surface area contributed by atoms with Crippen LogP contribution in [-0.4, -0.2) is 32.7 Å². The summed E-state index contributed by atoms with van der Waals surface area (Å²) in [6, 6.07) is 15.5. The number of carbonyl (C=O) groups is 1. The summed E-state index contributed by atoms with van der Waals surface area (Å²) in [5.41, 5.74) is 2.02. The van der Waals surface area contributed by atoms with Gasteiger partial charge in [0.25, 0.3) is 0 Å². The molecule has 0 saturated carbocycles. The van der Waals surface area contributed by atoms with E-state index in [0.29, 0.717) is 18.9 Å². The minimum absolute atomic E-state index is 0.0715. The number of anilines is 1. The maximum atomic E-state index is 12.1. The number of carbonyl (C=O) groups excluding carboxylic acids is 1. The van der Waals surface area contributed by atoms with Gasteiger partial charge >= 0.3 is 0 Å². The molecule has 0 radical (unpaired) electrons. The number of hydrogen-bond acceptors (Lipinski definition) is 4. The number of hydrogen-bond donors (Lipinski definition) is 2. The Balaban J connectivity index is 1.45. The Morgan fingerprint density at radius 3 is 2.44 bits per heavy atom. The van der Waals surface area contributed by atoms with Crippen LogP contribution < -0.4 is 15.4 Å². The number of methoxy groups -OCH3 is 1. The van der Waals surface area contributed by atoms with Gasteiger partial charge in [-0.3, -0.25) is 4.79 Å². The van der Waals surface area contributed by atoms with Crippen LogP contribution in [0.5, 0.6) is 11.5 Å². The number of amides is 1. The lowest BCUT2D eigenvalue weighted by atomic mass is 10.0. The average molecular weight is 368 g/mol. The Morgan fingerprint density at radius 1 is 1.11 bits per heavy atom. The molecule has 1 heterocycles. The molecule has 2 aromatic carbocycles. The van der Waals surface area contributed by atoms with E-state index >= 15 is 0 Å². The van der Waals surface area contributed by atoms with Gasteiger partial charge < -0.3 is 20.1 Å². The zero-order chi connectivity index (χ0) is 18.9. The molecule has 2 aromatic rings. The van der Waals surface area contributed by atoms with E-state index in [9.17, 15) is 4.79 Å². The molecule has 1 saturated heterocycles. The highest BCUT2D eigenvalue weighted by atomic mass is 16.5. The van der Waals surface area contributed by atoms with Crippen LogP contribution in [0.1, 0.15) is 24.8 Å². The van der Waals surface area contributed by atoms with Gasteiger partial charge in [-0.15, -0.1) is 0 Å². The van der Waals surface area contributed by atoms with Crippen molar-refractivity contribution >= 4 is 11.6 Å². The van der Waals surface area contributed by atoms with Crippen LogP contribution in [0, 0.1) is 5.92 Å². The lowest BCUT2D eigenvalue weighted by Crippen LogP contribution is -2.14.